The number of carbonyl (C=O) groups excluding carboxylic acids is 1. The summed E-state index contributed by atoms with van der Waals surface area (Å²) < 4.78 is 14.4. The van der Waals surface area contributed by atoms with E-state index in [1.807, 2.05) is 20.8 Å². The Morgan fingerprint density at radius 2 is 2.30 bits per heavy atom. The van der Waals surface area contributed by atoms with Crippen molar-refractivity contribution in [3.63, 3.8) is 0 Å². The van der Waals surface area contributed by atoms with Crippen LogP contribution in [0.1, 0.15) is 50.4 Å². The summed E-state index contributed by atoms with van der Waals surface area (Å²) in [6.45, 7) is 7.36. The van der Waals surface area contributed by atoms with Crippen LogP contribution in [0.4, 0.5) is 10.2 Å². The van der Waals surface area contributed by atoms with Crippen molar-refractivity contribution in [3.05, 3.63) is 23.6 Å². The summed E-state index contributed by atoms with van der Waals surface area (Å²) in [5.74, 6) is -0.629. The van der Waals surface area contributed by atoms with E-state index in [1.165, 1.54) is 12.3 Å². The first kappa shape index (κ1) is 14.8. The van der Waals surface area contributed by atoms with E-state index in [1.54, 1.807) is 4.90 Å². The first-order chi connectivity index (χ1) is 9.47. The second-order valence-electron chi connectivity index (χ2n) is 5.82. The lowest BCUT2D eigenvalue weighted by atomic mass is 10.0. The summed E-state index contributed by atoms with van der Waals surface area (Å²) in [4.78, 5) is 18.3. The number of nitrogens with zero attached hydrogens (tertiary/aromatic N) is 2. The van der Waals surface area contributed by atoms with Gasteiger partial charge in [-0.3, -0.25) is 4.79 Å². The highest BCUT2D eigenvalue weighted by Crippen LogP contribution is 2.30. The molecule has 0 aliphatic carbocycles. The van der Waals surface area contributed by atoms with Crippen LogP contribution in [0, 0.1) is 5.82 Å². The predicted molar refractivity (Wildman–Crippen MR) is 77.3 cm³/mol. The Bertz CT molecular complexity index is 502. The fourth-order valence-corrected chi connectivity index (χ4v) is 2.60. The lowest BCUT2D eigenvalue weighted by Gasteiger charge is -2.31. The number of likely N-dealkylation sites (tertiary alicyclic amines) is 1. The largest absolute Gasteiger partial charge is 0.368 e. The second-order valence-corrected chi connectivity index (χ2v) is 5.82. The van der Waals surface area contributed by atoms with Crippen LogP contribution in [0.15, 0.2) is 12.3 Å². The Labute approximate surface area is 119 Å². The van der Waals surface area contributed by atoms with Crippen LogP contribution in [0.25, 0.3) is 0 Å². The zero-order chi connectivity index (χ0) is 14.8. The van der Waals surface area contributed by atoms with E-state index in [0.29, 0.717) is 13.1 Å². The molecule has 1 aromatic rings. The van der Waals surface area contributed by atoms with E-state index < -0.39 is 5.82 Å². The van der Waals surface area contributed by atoms with Crippen LogP contribution in [0.3, 0.4) is 0 Å². The van der Waals surface area contributed by atoms with Gasteiger partial charge >= 0.3 is 0 Å². The fraction of sp³-hybridized carbons (Fsp3) is 0.600. The Kier molecular flexibility index (Phi) is 4.26. The Balaban J connectivity index is 2.26. The van der Waals surface area contributed by atoms with Crippen molar-refractivity contribution in [1.29, 1.82) is 0 Å². The molecule has 0 spiro atoms. The maximum atomic E-state index is 14.4. The van der Waals surface area contributed by atoms with Gasteiger partial charge in [0.25, 0.3) is 5.91 Å². The first-order valence-electron chi connectivity index (χ1n) is 7.17. The van der Waals surface area contributed by atoms with Crippen LogP contribution in [-0.2, 0) is 0 Å². The molecule has 5 heteroatoms. The average Bonchev–Trinajstić information content (AvgIpc) is 2.76. The standard InChI is InChI=1S/C15H22FN3O/c1-4-8-17-13-12(16)11(6-9-18-13)14(20)19-10-5-7-15(19,2)3/h6,9H,4-5,7-8,10H2,1-3H3,(H,17,18). The van der Waals surface area contributed by atoms with E-state index in [4.69, 9.17) is 0 Å². The van der Waals surface area contributed by atoms with Gasteiger partial charge in [-0.05, 0) is 39.2 Å². The Morgan fingerprint density at radius 3 is 2.90 bits per heavy atom. The van der Waals surface area contributed by atoms with Gasteiger partial charge in [-0.1, -0.05) is 6.92 Å². The number of rotatable bonds is 4. The van der Waals surface area contributed by atoms with Crippen molar-refractivity contribution in [1.82, 2.24) is 9.88 Å². The van der Waals surface area contributed by atoms with E-state index in [9.17, 15) is 9.18 Å². The molecule has 0 unspecified atom stereocenters. The number of nitrogens with one attached hydrogen (secondary N) is 1. The van der Waals surface area contributed by atoms with E-state index in [2.05, 4.69) is 10.3 Å². The molecule has 0 saturated carbocycles. The molecule has 110 valence electrons. The average molecular weight is 279 g/mol. The molecule has 1 aliphatic rings. The fourth-order valence-electron chi connectivity index (χ4n) is 2.60. The summed E-state index contributed by atoms with van der Waals surface area (Å²) in [5.41, 5.74) is -0.0994. The minimum atomic E-state index is -0.548. The van der Waals surface area contributed by atoms with Crippen LogP contribution >= 0.6 is 0 Å². The van der Waals surface area contributed by atoms with Crippen molar-refractivity contribution >= 4 is 11.7 Å². The second kappa shape index (κ2) is 5.77. The molecule has 1 N–H and O–H groups in total. The quantitative estimate of drug-likeness (QED) is 0.921. The highest BCUT2D eigenvalue weighted by Gasteiger charge is 2.36. The van der Waals surface area contributed by atoms with E-state index >= 15 is 0 Å². The third-order valence-electron chi connectivity index (χ3n) is 3.81. The normalized spacial score (nSPS) is 17.3. The molecule has 20 heavy (non-hydrogen) atoms. The molecule has 1 amide bonds. The third kappa shape index (κ3) is 2.76. The lowest BCUT2D eigenvalue weighted by Crippen LogP contribution is -2.43. The van der Waals surface area contributed by atoms with Gasteiger partial charge in [0, 0.05) is 24.8 Å². The Morgan fingerprint density at radius 1 is 1.55 bits per heavy atom. The molecule has 0 bridgehead atoms. The number of hydrogen-bond donors (Lipinski definition) is 1. The van der Waals surface area contributed by atoms with Crippen molar-refractivity contribution < 1.29 is 9.18 Å². The van der Waals surface area contributed by atoms with Crippen molar-refractivity contribution in [3.8, 4) is 0 Å². The lowest BCUT2D eigenvalue weighted by molar-refractivity contribution is 0.0647. The monoisotopic (exact) mass is 279 g/mol. The molecular weight excluding hydrogens is 257 g/mol. The molecule has 0 radical (unpaired) electrons. The molecule has 1 aromatic heterocycles. The van der Waals surface area contributed by atoms with E-state index in [-0.39, 0.29) is 22.8 Å². The summed E-state index contributed by atoms with van der Waals surface area (Å²) >= 11 is 0. The minimum Gasteiger partial charge on any atom is -0.368 e. The molecule has 2 heterocycles. The number of pyridine rings is 1. The summed E-state index contributed by atoms with van der Waals surface area (Å²) in [7, 11) is 0. The zero-order valence-corrected chi connectivity index (χ0v) is 12.4. The molecule has 0 aromatic carbocycles. The summed E-state index contributed by atoms with van der Waals surface area (Å²) in [5, 5.41) is 2.91. The van der Waals surface area contributed by atoms with Crippen LogP contribution in [0.5, 0.6) is 0 Å². The van der Waals surface area contributed by atoms with Gasteiger partial charge in [-0.2, -0.15) is 0 Å². The van der Waals surface area contributed by atoms with Gasteiger partial charge in [0.2, 0.25) is 0 Å². The molecule has 0 atom stereocenters. The van der Waals surface area contributed by atoms with Gasteiger partial charge < -0.3 is 10.2 Å². The molecular formula is C15H22FN3O. The number of aromatic nitrogens is 1. The highest BCUT2D eigenvalue weighted by molar-refractivity contribution is 5.95. The summed E-state index contributed by atoms with van der Waals surface area (Å²) in [6, 6.07) is 1.46. The van der Waals surface area contributed by atoms with Gasteiger partial charge in [0.05, 0.1) is 5.56 Å². The van der Waals surface area contributed by atoms with Crippen molar-refractivity contribution in [2.24, 2.45) is 0 Å². The highest BCUT2D eigenvalue weighted by atomic mass is 19.1. The first-order valence-corrected chi connectivity index (χ1v) is 7.17. The van der Waals surface area contributed by atoms with Crippen molar-refractivity contribution in [2.75, 3.05) is 18.4 Å². The molecule has 2 rings (SSSR count). The number of halogens is 1. The van der Waals surface area contributed by atoms with Gasteiger partial charge in [0.1, 0.15) is 0 Å². The van der Waals surface area contributed by atoms with Crippen molar-refractivity contribution in [2.45, 2.75) is 45.6 Å². The molecule has 1 aliphatic heterocycles. The predicted octanol–water partition coefficient (Wildman–Crippen LogP) is 3.06. The van der Waals surface area contributed by atoms with Crippen LogP contribution in [0.2, 0.25) is 0 Å². The Hall–Kier alpha value is -1.65. The number of amides is 1. The molecule has 4 nitrogen and oxygen atoms in total. The molecule has 1 saturated heterocycles. The van der Waals surface area contributed by atoms with Gasteiger partial charge in [-0.25, -0.2) is 9.37 Å². The number of hydrogen-bond acceptors (Lipinski definition) is 3. The molecule has 1 fully saturated rings. The van der Waals surface area contributed by atoms with Gasteiger partial charge in [-0.15, -0.1) is 0 Å². The topological polar surface area (TPSA) is 45.2 Å². The van der Waals surface area contributed by atoms with Crippen LogP contribution < -0.4 is 5.32 Å². The number of anilines is 1. The smallest absolute Gasteiger partial charge is 0.257 e. The zero-order valence-electron chi connectivity index (χ0n) is 12.4. The maximum absolute atomic E-state index is 14.4. The van der Waals surface area contributed by atoms with Crippen LogP contribution in [-0.4, -0.2) is 34.4 Å². The maximum Gasteiger partial charge on any atom is 0.257 e. The number of carbonyl (C=O) groups is 1. The minimum absolute atomic E-state index is 0.105. The van der Waals surface area contributed by atoms with E-state index in [0.717, 1.165) is 19.3 Å². The van der Waals surface area contributed by atoms with Gasteiger partial charge in [0.15, 0.2) is 11.6 Å². The summed E-state index contributed by atoms with van der Waals surface area (Å²) in [6.07, 6.45) is 4.27. The third-order valence-corrected chi connectivity index (χ3v) is 3.81. The SMILES string of the molecule is CCCNc1nccc(C(=O)N2CCCC2(C)C)c1F.